The maximum Gasteiger partial charge on any atom is 0.165 e. The van der Waals surface area contributed by atoms with Crippen molar-refractivity contribution in [3.05, 3.63) is 89.6 Å². The average Bonchev–Trinajstić information content (AvgIpc) is 3.01. The van der Waals surface area contributed by atoms with Gasteiger partial charge in [-0.3, -0.25) is 4.40 Å². The van der Waals surface area contributed by atoms with Crippen molar-refractivity contribution >= 4 is 29.3 Å². The molecule has 0 amide bonds. The van der Waals surface area contributed by atoms with Crippen LogP contribution in [0.3, 0.4) is 0 Å². The van der Waals surface area contributed by atoms with Crippen LogP contribution in [-0.4, -0.2) is 15.6 Å². The molecule has 24 heavy (non-hydrogen) atoms. The Morgan fingerprint density at radius 1 is 0.875 bits per heavy atom. The summed E-state index contributed by atoms with van der Waals surface area (Å²) in [6.07, 6.45) is 3.81. The third-order valence-electron chi connectivity index (χ3n) is 3.76. The highest BCUT2D eigenvalue weighted by atomic mass is 35.5. The molecular weight excluding hydrogens is 318 g/mol. The molecule has 4 heteroatoms. The molecule has 0 N–H and O–H groups in total. The van der Waals surface area contributed by atoms with Crippen molar-refractivity contribution in [1.82, 2.24) is 9.38 Å². The summed E-state index contributed by atoms with van der Waals surface area (Å²) in [6, 6.07) is 23.6. The molecule has 0 aliphatic carbocycles. The van der Waals surface area contributed by atoms with E-state index in [0.717, 1.165) is 28.3 Å². The molecule has 0 spiro atoms. The number of benzene rings is 2. The van der Waals surface area contributed by atoms with Crippen molar-refractivity contribution in [2.45, 2.75) is 0 Å². The summed E-state index contributed by atoms with van der Waals surface area (Å²) in [4.78, 5) is 9.44. The summed E-state index contributed by atoms with van der Waals surface area (Å²) in [5.74, 6) is 0.812. The summed E-state index contributed by atoms with van der Waals surface area (Å²) in [6.45, 7) is 0. The maximum atomic E-state index is 5.94. The molecule has 0 aliphatic heterocycles. The Morgan fingerprint density at radius 3 is 2.42 bits per heavy atom. The lowest BCUT2D eigenvalue weighted by Crippen LogP contribution is -1.84. The van der Waals surface area contributed by atoms with Gasteiger partial charge in [-0.1, -0.05) is 60.1 Å². The Balaban J connectivity index is 1.85. The first-order valence-electron chi connectivity index (χ1n) is 7.63. The van der Waals surface area contributed by atoms with E-state index >= 15 is 0 Å². The molecule has 0 aliphatic rings. The Bertz CT molecular complexity index is 1000. The number of pyridine rings is 1. The van der Waals surface area contributed by atoms with Gasteiger partial charge in [-0.2, -0.15) is 0 Å². The molecule has 3 nitrogen and oxygen atoms in total. The van der Waals surface area contributed by atoms with Crippen LogP contribution in [0.15, 0.2) is 84.0 Å². The third kappa shape index (κ3) is 2.82. The SMILES string of the molecule is Clc1ccc(C=Nc2c(-c3ccccc3)nc3ccccn23)cc1. The van der Waals surface area contributed by atoms with Gasteiger partial charge in [0.25, 0.3) is 0 Å². The fraction of sp³-hybridized carbons (Fsp3) is 0. The standard InChI is InChI=1S/C20H14ClN3/c21-17-11-9-15(10-12-17)14-22-20-19(16-6-2-1-3-7-16)23-18-8-4-5-13-24(18)20/h1-14H. The van der Waals surface area contributed by atoms with Gasteiger partial charge in [0.15, 0.2) is 5.82 Å². The number of hydrogen-bond acceptors (Lipinski definition) is 2. The fourth-order valence-electron chi connectivity index (χ4n) is 2.58. The Hall–Kier alpha value is -2.91. The van der Waals surface area contributed by atoms with Crippen LogP contribution in [0.1, 0.15) is 5.56 Å². The number of halogens is 1. The molecule has 2 aromatic heterocycles. The second-order valence-electron chi connectivity index (χ2n) is 5.39. The summed E-state index contributed by atoms with van der Waals surface area (Å²) in [5.41, 5.74) is 3.78. The van der Waals surface area contributed by atoms with Crippen LogP contribution < -0.4 is 0 Å². The smallest absolute Gasteiger partial charge is 0.165 e. The lowest BCUT2D eigenvalue weighted by atomic mass is 10.1. The zero-order valence-electron chi connectivity index (χ0n) is 12.8. The van der Waals surface area contributed by atoms with Crippen LogP contribution in [-0.2, 0) is 0 Å². The van der Waals surface area contributed by atoms with Gasteiger partial charge in [0.05, 0.1) is 0 Å². The van der Waals surface area contributed by atoms with Gasteiger partial charge in [0.2, 0.25) is 0 Å². The van der Waals surface area contributed by atoms with E-state index in [-0.39, 0.29) is 0 Å². The topological polar surface area (TPSA) is 29.7 Å². The summed E-state index contributed by atoms with van der Waals surface area (Å²) >= 11 is 5.94. The van der Waals surface area contributed by atoms with E-state index in [4.69, 9.17) is 21.6 Å². The largest absolute Gasteiger partial charge is 0.284 e. The Kier molecular flexibility index (Phi) is 3.85. The molecular formula is C20H14ClN3. The van der Waals surface area contributed by atoms with Gasteiger partial charge in [-0.15, -0.1) is 0 Å². The molecule has 4 aromatic rings. The van der Waals surface area contributed by atoms with E-state index in [1.807, 2.05) is 89.6 Å². The Labute approximate surface area is 144 Å². The van der Waals surface area contributed by atoms with Gasteiger partial charge < -0.3 is 0 Å². The lowest BCUT2D eigenvalue weighted by molar-refractivity contribution is 1.17. The average molecular weight is 332 g/mol. The molecule has 2 aromatic carbocycles. The van der Waals surface area contributed by atoms with Crippen molar-refractivity contribution in [3.63, 3.8) is 0 Å². The second-order valence-corrected chi connectivity index (χ2v) is 5.83. The zero-order chi connectivity index (χ0) is 16.4. The van der Waals surface area contributed by atoms with Crippen LogP contribution in [0.5, 0.6) is 0 Å². The normalized spacial score (nSPS) is 11.4. The quantitative estimate of drug-likeness (QED) is 0.462. The number of aliphatic imine (C=N–C) groups is 1. The van der Waals surface area contributed by atoms with Crippen molar-refractivity contribution < 1.29 is 0 Å². The van der Waals surface area contributed by atoms with Gasteiger partial charge in [0, 0.05) is 23.0 Å². The maximum absolute atomic E-state index is 5.94. The molecule has 2 heterocycles. The molecule has 0 radical (unpaired) electrons. The van der Waals surface area contributed by atoms with E-state index in [2.05, 4.69) is 0 Å². The molecule has 0 unspecified atom stereocenters. The molecule has 4 rings (SSSR count). The van der Waals surface area contributed by atoms with Crippen LogP contribution in [0.25, 0.3) is 16.9 Å². The number of nitrogens with zero attached hydrogens (tertiary/aromatic N) is 3. The molecule has 0 saturated heterocycles. The number of fused-ring (bicyclic) bond motifs is 1. The van der Waals surface area contributed by atoms with Gasteiger partial charge in [-0.25, -0.2) is 9.98 Å². The van der Waals surface area contributed by atoms with Crippen LogP contribution in [0.2, 0.25) is 5.02 Å². The third-order valence-corrected chi connectivity index (χ3v) is 4.01. The first-order chi connectivity index (χ1) is 11.8. The number of hydrogen-bond donors (Lipinski definition) is 0. The van der Waals surface area contributed by atoms with Crippen molar-refractivity contribution in [1.29, 1.82) is 0 Å². The monoisotopic (exact) mass is 331 g/mol. The van der Waals surface area contributed by atoms with Crippen molar-refractivity contribution in [2.75, 3.05) is 0 Å². The molecule has 0 fully saturated rings. The summed E-state index contributed by atoms with van der Waals surface area (Å²) < 4.78 is 1.99. The summed E-state index contributed by atoms with van der Waals surface area (Å²) in [5, 5.41) is 0.715. The zero-order valence-corrected chi connectivity index (χ0v) is 13.6. The highest BCUT2D eigenvalue weighted by Gasteiger charge is 2.12. The predicted octanol–water partition coefficient (Wildman–Crippen LogP) is 5.41. The van der Waals surface area contributed by atoms with E-state index < -0.39 is 0 Å². The van der Waals surface area contributed by atoms with Gasteiger partial charge >= 0.3 is 0 Å². The van der Waals surface area contributed by atoms with E-state index in [1.54, 1.807) is 0 Å². The number of rotatable bonds is 3. The minimum atomic E-state index is 0.715. The molecule has 0 saturated carbocycles. The minimum Gasteiger partial charge on any atom is -0.284 e. The predicted molar refractivity (Wildman–Crippen MR) is 99.3 cm³/mol. The van der Waals surface area contributed by atoms with E-state index in [1.165, 1.54) is 0 Å². The second kappa shape index (κ2) is 6.30. The first-order valence-corrected chi connectivity index (χ1v) is 8.01. The van der Waals surface area contributed by atoms with Crippen molar-refractivity contribution in [2.24, 2.45) is 4.99 Å². The first kappa shape index (κ1) is 14.7. The molecule has 0 atom stereocenters. The Morgan fingerprint density at radius 2 is 1.62 bits per heavy atom. The molecule has 0 bridgehead atoms. The van der Waals surface area contributed by atoms with E-state index in [9.17, 15) is 0 Å². The molecule has 116 valence electrons. The van der Waals surface area contributed by atoms with Crippen molar-refractivity contribution in [3.8, 4) is 11.3 Å². The highest BCUT2D eigenvalue weighted by molar-refractivity contribution is 6.30. The minimum absolute atomic E-state index is 0.715. The van der Waals surface area contributed by atoms with Gasteiger partial charge in [-0.05, 0) is 29.8 Å². The lowest BCUT2D eigenvalue weighted by Gasteiger charge is -2.00. The van der Waals surface area contributed by atoms with E-state index in [0.29, 0.717) is 5.02 Å². The van der Waals surface area contributed by atoms with Gasteiger partial charge in [0.1, 0.15) is 11.3 Å². The number of aromatic nitrogens is 2. The van der Waals surface area contributed by atoms with Crippen LogP contribution in [0, 0.1) is 0 Å². The summed E-state index contributed by atoms with van der Waals surface area (Å²) in [7, 11) is 0. The fourth-order valence-corrected chi connectivity index (χ4v) is 2.71. The number of imidazole rings is 1. The highest BCUT2D eigenvalue weighted by Crippen LogP contribution is 2.30. The van der Waals surface area contributed by atoms with Crippen LogP contribution >= 0.6 is 11.6 Å². The van der Waals surface area contributed by atoms with Crippen LogP contribution in [0.4, 0.5) is 5.82 Å².